The number of methoxy groups -OCH3 is 1. The van der Waals surface area contributed by atoms with Gasteiger partial charge in [0.1, 0.15) is 5.82 Å². The first-order valence-electron chi connectivity index (χ1n) is 3.60. The molecule has 0 fully saturated rings. The van der Waals surface area contributed by atoms with Crippen LogP contribution in [-0.2, 0) is 4.74 Å². The summed E-state index contributed by atoms with van der Waals surface area (Å²) in [4.78, 5) is 11.0. The number of hydrogen-bond acceptors (Lipinski definition) is 2. The van der Waals surface area contributed by atoms with Crippen LogP contribution in [0.3, 0.4) is 0 Å². The normalized spacial score (nSPS) is 9.85. The van der Waals surface area contributed by atoms with Crippen molar-refractivity contribution in [2.45, 2.75) is 6.92 Å². The zero-order valence-corrected chi connectivity index (χ0v) is 8.81. The quantitative estimate of drug-likeness (QED) is 0.713. The van der Waals surface area contributed by atoms with Gasteiger partial charge in [-0.3, -0.25) is 0 Å². The summed E-state index contributed by atoms with van der Waals surface area (Å²) in [6.07, 6.45) is 0. The molecule has 0 aliphatic heterocycles. The van der Waals surface area contributed by atoms with E-state index in [-0.39, 0.29) is 5.56 Å². The number of carbonyl (C=O) groups is 1. The van der Waals surface area contributed by atoms with Gasteiger partial charge in [-0.2, -0.15) is 0 Å². The molecule has 0 heterocycles. The third kappa shape index (κ3) is 2.06. The van der Waals surface area contributed by atoms with Gasteiger partial charge >= 0.3 is 5.97 Å². The Morgan fingerprint density at radius 2 is 2.15 bits per heavy atom. The van der Waals surface area contributed by atoms with E-state index in [1.54, 1.807) is 6.92 Å². The Kier molecular flexibility index (Phi) is 3.03. The molecule has 0 atom stereocenters. The summed E-state index contributed by atoms with van der Waals surface area (Å²) in [7, 11) is 1.22. The number of aryl methyl sites for hydroxylation is 1. The standard InChI is InChI=1S/C9H8BrFO2/c1-5-3-8(11)6(4-7(5)10)9(12)13-2/h3-4H,1-2H3. The lowest BCUT2D eigenvalue weighted by atomic mass is 10.1. The Bertz CT molecular complexity index is 350. The van der Waals surface area contributed by atoms with Crippen LogP contribution < -0.4 is 0 Å². The van der Waals surface area contributed by atoms with Gasteiger partial charge in [0.05, 0.1) is 12.7 Å². The molecule has 0 radical (unpaired) electrons. The van der Waals surface area contributed by atoms with Crippen molar-refractivity contribution < 1.29 is 13.9 Å². The molecular formula is C9H8BrFO2. The van der Waals surface area contributed by atoms with Crippen molar-refractivity contribution in [1.29, 1.82) is 0 Å². The molecule has 70 valence electrons. The van der Waals surface area contributed by atoms with Gasteiger partial charge in [-0.05, 0) is 24.6 Å². The highest BCUT2D eigenvalue weighted by Gasteiger charge is 2.13. The molecule has 0 aliphatic carbocycles. The van der Waals surface area contributed by atoms with E-state index in [0.29, 0.717) is 4.47 Å². The van der Waals surface area contributed by atoms with E-state index in [1.165, 1.54) is 19.2 Å². The van der Waals surface area contributed by atoms with Crippen molar-refractivity contribution in [1.82, 2.24) is 0 Å². The van der Waals surface area contributed by atoms with Crippen molar-refractivity contribution in [2.75, 3.05) is 7.11 Å². The molecule has 1 rings (SSSR count). The van der Waals surface area contributed by atoms with Gasteiger partial charge in [-0.1, -0.05) is 15.9 Å². The van der Waals surface area contributed by atoms with Crippen LogP contribution in [0.5, 0.6) is 0 Å². The second-order valence-electron chi connectivity index (χ2n) is 2.57. The predicted molar refractivity (Wildman–Crippen MR) is 50.2 cm³/mol. The minimum atomic E-state index is -0.668. The van der Waals surface area contributed by atoms with Crippen molar-refractivity contribution in [3.8, 4) is 0 Å². The molecule has 0 unspecified atom stereocenters. The molecule has 13 heavy (non-hydrogen) atoms. The predicted octanol–water partition coefficient (Wildman–Crippen LogP) is 2.68. The number of rotatable bonds is 1. The lowest BCUT2D eigenvalue weighted by Gasteiger charge is -2.03. The fourth-order valence-electron chi connectivity index (χ4n) is 0.913. The number of ether oxygens (including phenoxy) is 1. The fourth-order valence-corrected chi connectivity index (χ4v) is 1.26. The topological polar surface area (TPSA) is 26.3 Å². The van der Waals surface area contributed by atoms with Gasteiger partial charge in [-0.15, -0.1) is 0 Å². The summed E-state index contributed by atoms with van der Waals surface area (Å²) >= 11 is 3.20. The largest absolute Gasteiger partial charge is 0.465 e. The maximum atomic E-state index is 13.1. The summed E-state index contributed by atoms with van der Waals surface area (Å²) in [5.74, 6) is -1.23. The number of carbonyl (C=O) groups excluding carboxylic acids is 1. The number of hydrogen-bond donors (Lipinski definition) is 0. The first-order valence-corrected chi connectivity index (χ1v) is 4.39. The number of halogens is 2. The zero-order valence-electron chi connectivity index (χ0n) is 7.23. The highest BCUT2D eigenvalue weighted by molar-refractivity contribution is 9.10. The Morgan fingerprint density at radius 3 is 2.69 bits per heavy atom. The SMILES string of the molecule is COC(=O)c1cc(Br)c(C)cc1F. The van der Waals surface area contributed by atoms with Crippen LogP contribution in [0.15, 0.2) is 16.6 Å². The van der Waals surface area contributed by atoms with E-state index in [4.69, 9.17) is 0 Å². The molecule has 2 nitrogen and oxygen atoms in total. The van der Waals surface area contributed by atoms with Crippen LogP contribution in [0.25, 0.3) is 0 Å². The van der Waals surface area contributed by atoms with Crippen LogP contribution in [0.2, 0.25) is 0 Å². The van der Waals surface area contributed by atoms with E-state index in [1.807, 2.05) is 0 Å². The lowest BCUT2D eigenvalue weighted by Crippen LogP contribution is -2.04. The van der Waals surface area contributed by atoms with Crippen LogP contribution in [0.1, 0.15) is 15.9 Å². The van der Waals surface area contributed by atoms with Crippen LogP contribution in [0.4, 0.5) is 4.39 Å². The first kappa shape index (κ1) is 10.2. The van der Waals surface area contributed by atoms with E-state index in [2.05, 4.69) is 20.7 Å². The Balaban J connectivity index is 3.23. The maximum Gasteiger partial charge on any atom is 0.340 e. The molecule has 0 aliphatic rings. The average Bonchev–Trinajstić information content (AvgIpc) is 2.10. The van der Waals surface area contributed by atoms with Crippen LogP contribution in [-0.4, -0.2) is 13.1 Å². The number of esters is 1. The van der Waals surface area contributed by atoms with Gasteiger partial charge in [0, 0.05) is 4.47 Å². The second kappa shape index (κ2) is 3.87. The molecule has 0 bridgehead atoms. The summed E-state index contributed by atoms with van der Waals surface area (Å²) in [6.45, 7) is 1.74. The van der Waals surface area contributed by atoms with Crippen LogP contribution >= 0.6 is 15.9 Å². The van der Waals surface area contributed by atoms with Gasteiger partial charge in [0.25, 0.3) is 0 Å². The second-order valence-corrected chi connectivity index (χ2v) is 3.43. The van der Waals surface area contributed by atoms with Gasteiger partial charge in [0.15, 0.2) is 0 Å². The summed E-state index contributed by atoms with van der Waals surface area (Å²) in [5.41, 5.74) is 0.685. The van der Waals surface area contributed by atoms with Crippen molar-refractivity contribution in [3.05, 3.63) is 33.5 Å². The molecule has 1 aromatic carbocycles. The van der Waals surface area contributed by atoms with Gasteiger partial charge < -0.3 is 4.74 Å². The molecule has 1 aromatic rings. The molecular weight excluding hydrogens is 239 g/mol. The van der Waals surface area contributed by atoms with E-state index in [0.717, 1.165) is 5.56 Å². The molecule has 0 saturated carbocycles. The van der Waals surface area contributed by atoms with Gasteiger partial charge in [-0.25, -0.2) is 9.18 Å². The Morgan fingerprint density at radius 1 is 1.54 bits per heavy atom. The van der Waals surface area contributed by atoms with E-state index >= 15 is 0 Å². The number of benzene rings is 1. The van der Waals surface area contributed by atoms with Crippen molar-refractivity contribution in [2.24, 2.45) is 0 Å². The Hall–Kier alpha value is -0.900. The Labute approximate surface area is 83.8 Å². The minimum absolute atomic E-state index is 0.0556. The molecule has 0 N–H and O–H groups in total. The summed E-state index contributed by atoms with van der Waals surface area (Å²) in [5, 5.41) is 0. The third-order valence-corrected chi connectivity index (χ3v) is 2.51. The highest BCUT2D eigenvalue weighted by atomic mass is 79.9. The highest BCUT2D eigenvalue weighted by Crippen LogP contribution is 2.20. The first-order chi connectivity index (χ1) is 6.06. The smallest absolute Gasteiger partial charge is 0.340 e. The average molecular weight is 247 g/mol. The molecule has 0 spiro atoms. The molecule has 4 heteroatoms. The van der Waals surface area contributed by atoms with Crippen LogP contribution in [0, 0.1) is 12.7 Å². The van der Waals surface area contributed by atoms with Crippen molar-refractivity contribution >= 4 is 21.9 Å². The maximum absolute atomic E-state index is 13.1. The monoisotopic (exact) mass is 246 g/mol. The third-order valence-electron chi connectivity index (χ3n) is 1.65. The summed E-state index contributed by atoms with van der Waals surface area (Å²) in [6, 6.07) is 2.70. The van der Waals surface area contributed by atoms with Crippen molar-refractivity contribution in [3.63, 3.8) is 0 Å². The summed E-state index contributed by atoms with van der Waals surface area (Å²) < 4.78 is 18.2. The molecule has 0 saturated heterocycles. The zero-order chi connectivity index (χ0) is 10.0. The van der Waals surface area contributed by atoms with E-state index < -0.39 is 11.8 Å². The molecule has 0 amide bonds. The van der Waals surface area contributed by atoms with E-state index in [9.17, 15) is 9.18 Å². The minimum Gasteiger partial charge on any atom is -0.465 e. The lowest BCUT2D eigenvalue weighted by molar-refractivity contribution is 0.0595. The molecule has 0 aromatic heterocycles. The fraction of sp³-hybridized carbons (Fsp3) is 0.222. The van der Waals surface area contributed by atoms with Gasteiger partial charge in [0.2, 0.25) is 0 Å².